The fourth-order valence-electron chi connectivity index (χ4n) is 5.16. The Balaban J connectivity index is 1.28. The van der Waals surface area contributed by atoms with E-state index in [2.05, 4.69) is 32.2 Å². The summed E-state index contributed by atoms with van der Waals surface area (Å²) in [5.41, 5.74) is 1.80. The van der Waals surface area contributed by atoms with E-state index in [4.69, 9.17) is 0 Å². The second-order valence-corrected chi connectivity index (χ2v) is 11.3. The van der Waals surface area contributed by atoms with Gasteiger partial charge in [-0.05, 0) is 75.4 Å². The van der Waals surface area contributed by atoms with Crippen molar-refractivity contribution in [3.8, 4) is 11.3 Å². The van der Waals surface area contributed by atoms with Crippen LogP contribution in [0.1, 0.15) is 44.2 Å². The van der Waals surface area contributed by atoms with Crippen LogP contribution in [0.2, 0.25) is 0 Å². The Morgan fingerprint density at radius 3 is 2.57 bits per heavy atom. The molecule has 1 fully saturated rings. The van der Waals surface area contributed by atoms with E-state index in [1.165, 1.54) is 6.07 Å². The maximum absolute atomic E-state index is 13.6. The predicted octanol–water partition coefficient (Wildman–Crippen LogP) is 6.27. The van der Waals surface area contributed by atoms with Crippen molar-refractivity contribution in [3.63, 3.8) is 0 Å². The van der Waals surface area contributed by atoms with Crippen molar-refractivity contribution >= 4 is 35.8 Å². The number of urea groups is 1. The molecule has 2 N–H and O–H groups in total. The smallest absolute Gasteiger partial charge is 0.366 e. The minimum absolute atomic E-state index is 0.0736. The summed E-state index contributed by atoms with van der Waals surface area (Å²) in [5.74, 6) is 0.348. The lowest BCUT2D eigenvalue weighted by Crippen LogP contribution is -2.48. The number of benzene rings is 2. The molecule has 42 heavy (non-hydrogen) atoms. The molecule has 2 bridgehead atoms. The molecular weight excluding hydrogens is 545 g/mol. The van der Waals surface area contributed by atoms with Crippen molar-refractivity contribution in [1.29, 1.82) is 0 Å². The van der Waals surface area contributed by atoms with Crippen LogP contribution in [0.5, 0.6) is 0 Å². The molecule has 3 amide bonds. The van der Waals surface area contributed by atoms with Crippen LogP contribution in [0.25, 0.3) is 11.3 Å². The van der Waals surface area contributed by atoms with Gasteiger partial charge in [0.05, 0.1) is 28.5 Å². The number of halogens is 3. The first-order chi connectivity index (χ1) is 19.9. The normalized spacial score (nSPS) is 16.2. The number of rotatable bonds is 8. The highest BCUT2D eigenvalue weighted by Crippen LogP contribution is 2.41. The van der Waals surface area contributed by atoms with E-state index in [0.29, 0.717) is 48.7 Å². The van der Waals surface area contributed by atoms with Crippen LogP contribution >= 0.6 is 0 Å². The lowest BCUT2D eigenvalue weighted by Gasteiger charge is -2.36. The van der Waals surface area contributed by atoms with Crippen molar-refractivity contribution < 1.29 is 22.8 Å². The number of hydrogen-bond donors (Lipinski definition) is 2. The molecule has 0 radical (unpaired) electrons. The summed E-state index contributed by atoms with van der Waals surface area (Å²) in [6.45, 7) is 9.18. The molecule has 3 aromatic rings. The molecular formula is C31H33F3N6O2. The quantitative estimate of drug-likeness (QED) is 0.308. The summed E-state index contributed by atoms with van der Waals surface area (Å²) in [4.78, 5) is 38.2. The zero-order valence-electron chi connectivity index (χ0n) is 23.5. The van der Waals surface area contributed by atoms with Crippen LogP contribution < -0.4 is 20.4 Å². The number of carbonyl (C=O) groups excluding carboxylic acids is 2. The fraction of sp³-hybridized carbons (Fsp3) is 0.355. The number of aliphatic imine (C=N–C) groups is 1. The third-order valence-electron chi connectivity index (χ3n) is 7.74. The number of alkyl halides is 3. The second-order valence-electron chi connectivity index (χ2n) is 11.3. The van der Waals surface area contributed by atoms with Gasteiger partial charge in [-0.25, -0.2) is 9.78 Å². The van der Waals surface area contributed by atoms with Gasteiger partial charge in [-0.2, -0.15) is 13.2 Å². The van der Waals surface area contributed by atoms with Gasteiger partial charge in [0, 0.05) is 37.3 Å². The Hall–Kier alpha value is -4.41. The average Bonchev–Trinajstić information content (AvgIpc) is 3.39. The van der Waals surface area contributed by atoms with E-state index in [1.54, 1.807) is 29.2 Å². The molecule has 11 heteroatoms. The van der Waals surface area contributed by atoms with E-state index in [0.717, 1.165) is 36.3 Å². The topological polar surface area (TPSA) is 89.9 Å². The number of aromatic nitrogens is 1. The number of nitrogens with zero attached hydrogens (tertiary/aromatic N) is 4. The highest BCUT2D eigenvalue weighted by molar-refractivity contribution is 6.04. The van der Waals surface area contributed by atoms with Crippen LogP contribution in [0.3, 0.4) is 0 Å². The molecule has 0 unspecified atom stereocenters. The van der Waals surface area contributed by atoms with E-state index in [1.807, 2.05) is 32.0 Å². The first-order valence-electron chi connectivity index (χ1n) is 13.8. The number of amides is 3. The molecule has 0 aliphatic carbocycles. The number of fused-ring (bicyclic) bond motifs is 4. The van der Waals surface area contributed by atoms with Crippen molar-refractivity contribution in [1.82, 2.24) is 10.3 Å². The minimum Gasteiger partial charge on any atom is -0.366 e. The van der Waals surface area contributed by atoms with Crippen molar-refractivity contribution in [2.45, 2.75) is 57.4 Å². The summed E-state index contributed by atoms with van der Waals surface area (Å²) in [6, 6.07) is 15.2. The minimum atomic E-state index is -4.47. The Morgan fingerprint density at radius 2 is 1.86 bits per heavy atom. The molecule has 5 rings (SSSR count). The van der Waals surface area contributed by atoms with Crippen LogP contribution in [0, 0.1) is 0 Å². The fourth-order valence-corrected chi connectivity index (χ4v) is 5.16. The number of anilines is 3. The predicted molar refractivity (Wildman–Crippen MR) is 158 cm³/mol. The summed E-state index contributed by atoms with van der Waals surface area (Å²) in [7, 11) is 0. The number of pyridine rings is 1. The largest absolute Gasteiger partial charge is 0.416 e. The van der Waals surface area contributed by atoms with Crippen molar-refractivity contribution in [2.75, 3.05) is 28.2 Å². The Labute approximate surface area is 242 Å². The average molecular weight is 579 g/mol. The van der Waals surface area contributed by atoms with Gasteiger partial charge in [-0.3, -0.25) is 14.7 Å². The summed E-state index contributed by atoms with van der Waals surface area (Å²) in [6.07, 6.45) is -2.77. The van der Waals surface area contributed by atoms with Crippen LogP contribution in [-0.4, -0.2) is 48.3 Å². The molecule has 0 saturated carbocycles. The standard InChI is InChI=1S/C31H33F3N6O2/c1-30(2,35-3)15-13-27(41)36-18-20-7-9-23(10-8-20)37-29(42)40-24-14-16-39(19-24)26-12-11-25(38-28(26)40)21-5-4-6-22(17-21)31(32,33)34/h4-12,17,24H,3,13-16,18-19H2,1-2H3,(H,36,41)(H,37,42)/t24-/m0/s1. The molecule has 2 aliphatic heterocycles. The maximum Gasteiger partial charge on any atom is 0.416 e. The number of carbonyl (C=O) groups is 2. The van der Waals surface area contributed by atoms with E-state index < -0.39 is 11.7 Å². The number of hydrogen-bond acceptors (Lipinski definition) is 5. The number of nitrogens with one attached hydrogen (secondary N) is 2. The first kappa shape index (κ1) is 29.1. The maximum atomic E-state index is 13.6. The summed E-state index contributed by atoms with van der Waals surface area (Å²) in [5, 5.41) is 5.83. The summed E-state index contributed by atoms with van der Waals surface area (Å²) < 4.78 is 40.0. The molecule has 0 spiro atoms. The van der Waals surface area contributed by atoms with Crippen molar-refractivity contribution in [3.05, 3.63) is 71.8 Å². The van der Waals surface area contributed by atoms with Crippen molar-refractivity contribution in [2.24, 2.45) is 4.99 Å². The van der Waals surface area contributed by atoms with Crippen LogP contribution in [0.15, 0.2) is 65.7 Å². The highest BCUT2D eigenvalue weighted by Gasteiger charge is 2.40. The van der Waals surface area contributed by atoms with Gasteiger partial charge in [0.1, 0.15) is 0 Å². The third kappa shape index (κ3) is 6.40. The lowest BCUT2D eigenvalue weighted by molar-refractivity contribution is -0.137. The van der Waals surface area contributed by atoms with Crippen LogP contribution in [0.4, 0.5) is 35.2 Å². The van der Waals surface area contributed by atoms with E-state index in [-0.39, 0.29) is 23.5 Å². The Morgan fingerprint density at radius 1 is 1.10 bits per heavy atom. The molecule has 2 aliphatic rings. The monoisotopic (exact) mass is 578 g/mol. The van der Waals surface area contributed by atoms with E-state index in [9.17, 15) is 22.8 Å². The third-order valence-corrected chi connectivity index (χ3v) is 7.74. The van der Waals surface area contributed by atoms with Gasteiger partial charge in [-0.1, -0.05) is 24.3 Å². The van der Waals surface area contributed by atoms with Gasteiger partial charge in [0.25, 0.3) is 0 Å². The molecule has 1 atom stereocenters. The Kier molecular flexibility index (Phi) is 7.94. The molecule has 3 heterocycles. The highest BCUT2D eigenvalue weighted by atomic mass is 19.4. The zero-order chi connectivity index (χ0) is 30.1. The summed E-state index contributed by atoms with van der Waals surface area (Å²) >= 11 is 0. The second kappa shape index (κ2) is 11.5. The van der Waals surface area contributed by atoms with E-state index >= 15 is 0 Å². The van der Waals surface area contributed by atoms with Gasteiger partial charge >= 0.3 is 12.2 Å². The van der Waals surface area contributed by atoms with Gasteiger partial charge in [-0.15, -0.1) is 0 Å². The zero-order valence-corrected chi connectivity index (χ0v) is 23.5. The lowest BCUT2D eigenvalue weighted by atomic mass is 9.99. The van der Waals surface area contributed by atoms with Gasteiger partial charge < -0.3 is 15.5 Å². The molecule has 220 valence electrons. The van der Waals surface area contributed by atoms with Crippen LogP contribution in [-0.2, 0) is 17.5 Å². The molecule has 1 aromatic heterocycles. The van der Waals surface area contributed by atoms with Gasteiger partial charge in [0.15, 0.2) is 5.82 Å². The Bertz CT molecular complexity index is 1490. The molecule has 8 nitrogen and oxygen atoms in total. The molecule has 1 saturated heterocycles. The molecule has 2 aromatic carbocycles. The SMILES string of the molecule is C=NC(C)(C)CCC(=O)NCc1ccc(NC(=O)N2c3nc(-c4cccc(C(F)(F)F)c4)ccc3N3CC[C@H]2C3)cc1. The first-order valence-corrected chi connectivity index (χ1v) is 13.8. The van der Waals surface area contributed by atoms with Gasteiger partial charge in [0.2, 0.25) is 5.91 Å².